The van der Waals surface area contributed by atoms with Gasteiger partial charge in [0.15, 0.2) is 0 Å². The Labute approximate surface area is 87.9 Å². The monoisotopic (exact) mass is 203 g/mol. The fourth-order valence-corrected chi connectivity index (χ4v) is 1.43. The molecule has 5 nitrogen and oxygen atoms in total. The van der Waals surface area contributed by atoms with E-state index in [-0.39, 0.29) is 0 Å². The molecule has 0 bridgehead atoms. The van der Waals surface area contributed by atoms with Crippen molar-refractivity contribution in [2.75, 3.05) is 5.73 Å². The molecule has 0 aromatic carbocycles. The van der Waals surface area contributed by atoms with Gasteiger partial charge in [-0.1, -0.05) is 5.21 Å². The molecule has 0 aliphatic carbocycles. The van der Waals surface area contributed by atoms with Gasteiger partial charge in [-0.05, 0) is 30.5 Å². The van der Waals surface area contributed by atoms with Crippen molar-refractivity contribution in [3.63, 3.8) is 0 Å². The molecule has 5 heteroatoms. The first-order chi connectivity index (χ1) is 7.24. The molecular formula is C10H13N5. The molecule has 78 valence electrons. The van der Waals surface area contributed by atoms with Gasteiger partial charge in [-0.3, -0.25) is 4.68 Å². The summed E-state index contributed by atoms with van der Waals surface area (Å²) in [5.41, 5.74) is 7.76. The van der Waals surface area contributed by atoms with Crippen molar-refractivity contribution >= 4 is 5.82 Å². The van der Waals surface area contributed by atoms with Gasteiger partial charge < -0.3 is 5.73 Å². The Morgan fingerprint density at radius 3 is 2.93 bits per heavy atom. The van der Waals surface area contributed by atoms with Crippen LogP contribution >= 0.6 is 0 Å². The highest BCUT2D eigenvalue weighted by atomic mass is 15.4. The highest BCUT2D eigenvalue weighted by Gasteiger charge is 2.00. The number of hydrogen-bond donors (Lipinski definition) is 1. The fourth-order valence-electron chi connectivity index (χ4n) is 1.43. The Balaban J connectivity index is 1.99. The molecule has 2 aromatic heterocycles. The van der Waals surface area contributed by atoms with Gasteiger partial charge in [0.1, 0.15) is 5.82 Å². The maximum absolute atomic E-state index is 5.59. The third-order valence-electron chi connectivity index (χ3n) is 2.17. The summed E-state index contributed by atoms with van der Waals surface area (Å²) in [7, 11) is 1.86. The minimum Gasteiger partial charge on any atom is -0.384 e. The Morgan fingerprint density at radius 1 is 1.40 bits per heavy atom. The summed E-state index contributed by atoms with van der Waals surface area (Å²) in [5.74, 6) is 0.562. The standard InChI is InChI=1S/C10H13N5/c1-15-7-9(13-14-15)3-2-8-4-5-12-10(11)6-8/h4-7H,2-3H2,1H3,(H2,11,12). The number of aromatic nitrogens is 4. The molecule has 2 heterocycles. The first kappa shape index (κ1) is 9.64. The van der Waals surface area contributed by atoms with Crippen molar-refractivity contribution in [1.82, 2.24) is 20.0 Å². The van der Waals surface area contributed by atoms with E-state index in [1.807, 2.05) is 25.4 Å². The lowest BCUT2D eigenvalue weighted by molar-refractivity contribution is 0.713. The lowest BCUT2D eigenvalue weighted by Crippen LogP contribution is -1.95. The van der Waals surface area contributed by atoms with Gasteiger partial charge in [-0.15, -0.1) is 5.10 Å². The van der Waals surface area contributed by atoms with Gasteiger partial charge in [0.05, 0.1) is 5.69 Å². The van der Waals surface area contributed by atoms with Crippen LogP contribution < -0.4 is 5.73 Å². The van der Waals surface area contributed by atoms with Crippen LogP contribution in [0.15, 0.2) is 24.5 Å². The zero-order valence-corrected chi connectivity index (χ0v) is 8.59. The van der Waals surface area contributed by atoms with Crippen molar-refractivity contribution < 1.29 is 0 Å². The van der Waals surface area contributed by atoms with Crippen molar-refractivity contribution in [2.24, 2.45) is 7.05 Å². The van der Waals surface area contributed by atoms with Crippen molar-refractivity contribution in [1.29, 1.82) is 0 Å². The van der Waals surface area contributed by atoms with Crippen LogP contribution in [-0.2, 0) is 19.9 Å². The first-order valence-electron chi connectivity index (χ1n) is 4.79. The Morgan fingerprint density at radius 2 is 2.27 bits per heavy atom. The van der Waals surface area contributed by atoms with Crippen molar-refractivity contribution in [3.8, 4) is 0 Å². The smallest absolute Gasteiger partial charge is 0.123 e. The normalized spacial score (nSPS) is 10.5. The predicted octanol–water partition coefficient (Wildman–Crippen LogP) is 0.578. The predicted molar refractivity (Wildman–Crippen MR) is 57.1 cm³/mol. The fraction of sp³-hybridized carbons (Fsp3) is 0.300. The molecule has 2 N–H and O–H groups in total. The molecule has 0 aliphatic rings. The number of anilines is 1. The number of aryl methyl sites for hydroxylation is 3. The average Bonchev–Trinajstić information content (AvgIpc) is 2.62. The Bertz CT molecular complexity index is 449. The van der Waals surface area contributed by atoms with Crippen LogP contribution in [0.3, 0.4) is 0 Å². The van der Waals surface area contributed by atoms with E-state index in [0.29, 0.717) is 5.82 Å². The van der Waals surface area contributed by atoms with Gasteiger partial charge in [0.2, 0.25) is 0 Å². The maximum Gasteiger partial charge on any atom is 0.123 e. The van der Waals surface area contributed by atoms with Crippen LogP contribution in [0, 0.1) is 0 Å². The Kier molecular flexibility index (Phi) is 2.62. The minimum atomic E-state index is 0.562. The summed E-state index contributed by atoms with van der Waals surface area (Å²) in [6.07, 6.45) is 5.43. The quantitative estimate of drug-likeness (QED) is 0.792. The van der Waals surface area contributed by atoms with Crippen molar-refractivity contribution in [2.45, 2.75) is 12.8 Å². The van der Waals surface area contributed by atoms with Gasteiger partial charge >= 0.3 is 0 Å². The molecule has 2 rings (SSSR count). The average molecular weight is 203 g/mol. The van der Waals surface area contributed by atoms with E-state index in [1.54, 1.807) is 10.9 Å². The van der Waals surface area contributed by atoms with Crippen LogP contribution in [0.25, 0.3) is 0 Å². The summed E-state index contributed by atoms with van der Waals surface area (Å²) >= 11 is 0. The number of pyridine rings is 1. The van der Waals surface area contributed by atoms with Gasteiger partial charge in [-0.25, -0.2) is 4.98 Å². The van der Waals surface area contributed by atoms with E-state index >= 15 is 0 Å². The highest BCUT2D eigenvalue weighted by molar-refractivity contribution is 5.32. The molecule has 0 radical (unpaired) electrons. The third-order valence-corrected chi connectivity index (χ3v) is 2.17. The van der Waals surface area contributed by atoms with Crippen LogP contribution in [0.4, 0.5) is 5.82 Å². The molecule has 0 unspecified atom stereocenters. The lowest BCUT2D eigenvalue weighted by atomic mass is 10.1. The maximum atomic E-state index is 5.59. The van der Waals surface area contributed by atoms with E-state index in [4.69, 9.17) is 5.73 Å². The molecule has 15 heavy (non-hydrogen) atoms. The van der Waals surface area contributed by atoms with E-state index in [1.165, 1.54) is 5.56 Å². The van der Waals surface area contributed by atoms with Crippen LogP contribution in [0.2, 0.25) is 0 Å². The number of hydrogen-bond acceptors (Lipinski definition) is 4. The second-order valence-electron chi connectivity index (χ2n) is 3.47. The summed E-state index contributed by atoms with van der Waals surface area (Å²) in [4.78, 5) is 3.94. The number of nitrogens with zero attached hydrogens (tertiary/aromatic N) is 4. The second-order valence-corrected chi connectivity index (χ2v) is 3.47. The number of rotatable bonds is 3. The van der Waals surface area contributed by atoms with E-state index < -0.39 is 0 Å². The molecule has 0 amide bonds. The number of nitrogens with two attached hydrogens (primary N) is 1. The molecule has 0 aliphatic heterocycles. The minimum absolute atomic E-state index is 0.562. The topological polar surface area (TPSA) is 69.6 Å². The molecular weight excluding hydrogens is 190 g/mol. The zero-order chi connectivity index (χ0) is 10.7. The Hall–Kier alpha value is -1.91. The second kappa shape index (κ2) is 4.08. The molecule has 0 saturated carbocycles. The van der Waals surface area contributed by atoms with Gasteiger partial charge in [0.25, 0.3) is 0 Å². The molecule has 0 atom stereocenters. The molecule has 0 fully saturated rings. The van der Waals surface area contributed by atoms with Gasteiger partial charge in [0, 0.05) is 19.4 Å². The van der Waals surface area contributed by atoms with E-state index in [0.717, 1.165) is 18.5 Å². The van der Waals surface area contributed by atoms with Crippen LogP contribution in [-0.4, -0.2) is 20.0 Å². The van der Waals surface area contributed by atoms with E-state index in [2.05, 4.69) is 15.3 Å². The molecule has 2 aromatic rings. The highest BCUT2D eigenvalue weighted by Crippen LogP contribution is 2.06. The largest absolute Gasteiger partial charge is 0.384 e. The molecule has 0 spiro atoms. The zero-order valence-electron chi connectivity index (χ0n) is 8.59. The SMILES string of the molecule is Cn1cc(CCc2ccnc(N)c2)nn1. The van der Waals surface area contributed by atoms with Gasteiger partial charge in [-0.2, -0.15) is 0 Å². The molecule has 0 saturated heterocycles. The summed E-state index contributed by atoms with van der Waals surface area (Å²) < 4.78 is 1.70. The van der Waals surface area contributed by atoms with E-state index in [9.17, 15) is 0 Å². The number of nitrogen functional groups attached to an aromatic ring is 1. The van der Waals surface area contributed by atoms with Crippen LogP contribution in [0.5, 0.6) is 0 Å². The summed E-state index contributed by atoms with van der Waals surface area (Å²) in [5, 5.41) is 7.90. The lowest BCUT2D eigenvalue weighted by Gasteiger charge is -1.99. The third kappa shape index (κ3) is 2.52. The van der Waals surface area contributed by atoms with Crippen molar-refractivity contribution in [3.05, 3.63) is 35.8 Å². The first-order valence-corrected chi connectivity index (χ1v) is 4.79. The van der Waals surface area contributed by atoms with Crippen LogP contribution in [0.1, 0.15) is 11.3 Å². The summed E-state index contributed by atoms with van der Waals surface area (Å²) in [6, 6.07) is 3.85. The summed E-state index contributed by atoms with van der Waals surface area (Å²) in [6.45, 7) is 0.